The Morgan fingerprint density at radius 1 is 0.917 bits per heavy atom. The second-order valence-electron chi connectivity index (χ2n) is 2.22. The van der Waals surface area contributed by atoms with Gasteiger partial charge in [-0.05, 0) is 0 Å². The summed E-state index contributed by atoms with van der Waals surface area (Å²) in [6.07, 6.45) is 0. The molecule has 0 fully saturated rings. The standard InChI is InChI=1S/C8H2B2N2/c9-7-1-2-8(10)6(4-12)5(7)3-11/h1-2H. The lowest BCUT2D eigenvalue weighted by Gasteiger charge is -2.02. The van der Waals surface area contributed by atoms with Crippen molar-refractivity contribution in [2.45, 2.75) is 0 Å². The smallest absolute Gasteiger partial charge is 0.115 e. The Morgan fingerprint density at radius 3 is 1.50 bits per heavy atom. The summed E-state index contributed by atoms with van der Waals surface area (Å²) in [5.41, 5.74) is 0.863. The molecule has 0 aliphatic carbocycles. The number of nitrogens with zero attached hydrogens (tertiary/aromatic N) is 2. The van der Waals surface area contributed by atoms with Gasteiger partial charge in [0.05, 0.1) is 23.3 Å². The Bertz CT molecular complexity index is 360. The highest BCUT2D eigenvalue weighted by atomic mass is 14.3. The molecule has 1 rings (SSSR count). The van der Waals surface area contributed by atoms with Crippen molar-refractivity contribution in [3.8, 4) is 12.1 Å². The molecule has 0 bridgehead atoms. The zero-order valence-corrected chi connectivity index (χ0v) is 6.20. The first kappa shape index (κ1) is 8.43. The average molecular weight is 148 g/mol. The van der Waals surface area contributed by atoms with E-state index in [4.69, 9.17) is 26.2 Å². The zero-order valence-electron chi connectivity index (χ0n) is 6.20. The highest BCUT2D eigenvalue weighted by Gasteiger charge is 2.05. The molecule has 0 aromatic heterocycles. The lowest BCUT2D eigenvalue weighted by atomic mass is 9.81. The van der Waals surface area contributed by atoms with Crippen molar-refractivity contribution in [3.63, 3.8) is 0 Å². The largest absolute Gasteiger partial charge is 0.192 e. The Morgan fingerprint density at radius 2 is 1.25 bits per heavy atom. The van der Waals surface area contributed by atoms with Gasteiger partial charge in [-0.1, -0.05) is 23.1 Å². The molecule has 50 valence electrons. The molecule has 0 amide bonds. The first-order valence-corrected chi connectivity index (χ1v) is 3.19. The Labute approximate surface area is 73.3 Å². The van der Waals surface area contributed by atoms with Crippen LogP contribution in [0.1, 0.15) is 11.1 Å². The Balaban J connectivity index is 3.55. The van der Waals surface area contributed by atoms with E-state index in [1.54, 1.807) is 0 Å². The lowest BCUT2D eigenvalue weighted by Crippen LogP contribution is -2.19. The van der Waals surface area contributed by atoms with Gasteiger partial charge < -0.3 is 0 Å². The second kappa shape index (κ2) is 3.15. The van der Waals surface area contributed by atoms with E-state index in [2.05, 4.69) is 0 Å². The van der Waals surface area contributed by atoms with Gasteiger partial charge in [0, 0.05) is 0 Å². The van der Waals surface area contributed by atoms with Gasteiger partial charge in [0.2, 0.25) is 0 Å². The molecular formula is C8H2B2N2. The van der Waals surface area contributed by atoms with Gasteiger partial charge in [-0.2, -0.15) is 10.5 Å². The second-order valence-corrected chi connectivity index (χ2v) is 2.22. The fourth-order valence-electron chi connectivity index (χ4n) is 0.876. The van der Waals surface area contributed by atoms with Crippen LogP contribution in [0.3, 0.4) is 0 Å². The predicted octanol–water partition coefficient (Wildman–Crippen LogP) is -0.982. The van der Waals surface area contributed by atoms with Crippen LogP contribution in [0.15, 0.2) is 12.1 Å². The van der Waals surface area contributed by atoms with Crippen LogP contribution in [0.25, 0.3) is 0 Å². The molecule has 4 radical (unpaired) electrons. The van der Waals surface area contributed by atoms with E-state index < -0.39 is 0 Å². The van der Waals surface area contributed by atoms with Gasteiger partial charge in [0.1, 0.15) is 15.7 Å². The number of nitriles is 2. The van der Waals surface area contributed by atoms with E-state index >= 15 is 0 Å². The highest BCUT2D eigenvalue weighted by molar-refractivity contribution is 6.38. The van der Waals surface area contributed by atoms with Crippen LogP contribution in [0.2, 0.25) is 0 Å². The SMILES string of the molecule is [B]c1ccc([B])c(C#N)c1C#N. The summed E-state index contributed by atoms with van der Waals surface area (Å²) in [5.74, 6) is 0. The maximum absolute atomic E-state index is 8.62. The molecule has 1 aromatic carbocycles. The van der Waals surface area contributed by atoms with Crippen LogP contribution in [-0.2, 0) is 0 Å². The lowest BCUT2D eigenvalue weighted by molar-refractivity contribution is 1.46. The normalized spacial score (nSPS) is 8.50. The zero-order chi connectivity index (χ0) is 9.14. The summed E-state index contributed by atoms with van der Waals surface area (Å²) in [5, 5.41) is 17.2. The molecule has 2 nitrogen and oxygen atoms in total. The Kier molecular flexibility index (Phi) is 2.21. The molecule has 0 aliphatic rings. The fraction of sp³-hybridized carbons (Fsp3) is 0. The van der Waals surface area contributed by atoms with Crippen molar-refractivity contribution in [1.29, 1.82) is 10.5 Å². The topological polar surface area (TPSA) is 47.6 Å². The molecule has 4 heteroatoms. The number of benzene rings is 1. The molecule has 0 saturated carbocycles. The van der Waals surface area contributed by atoms with E-state index in [1.807, 2.05) is 12.1 Å². The molecule has 1 aromatic rings. The van der Waals surface area contributed by atoms with Crippen LogP contribution in [0.5, 0.6) is 0 Å². The summed E-state index contributed by atoms with van der Waals surface area (Å²) in [7, 11) is 10.9. The first-order valence-electron chi connectivity index (χ1n) is 3.19. The predicted molar refractivity (Wildman–Crippen MR) is 46.6 cm³/mol. The fourth-order valence-corrected chi connectivity index (χ4v) is 0.876. The van der Waals surface area contributed by atoms with Crippen molar-refractivity contribution in [2.24, 2.45) is 0 Å². The molecule has 0 aliphatic heterocycles. The van der Waals surface area contributed by atoms with Crippen LogP contribution < -0.4 is 10.9 Å². The van der Waals surface area contributed by atoms with Crippen molar-refractivity contribution in [3.05, 3.63) is 23.3 Å². The summed E-state index contributed by atoms with van der Waals surface area (Å²) in [4.78, 5) is 0. The highest BCUT2D eigenvalue weighted by Crippen LogP contribution is 1.98. The van der Waals surface area contributed by atoms with E-state index in [9.17, 15) is 0 Å². The summed E-state index contributed by atoms with van der Waals surface area (Å²) in [6.45, 7) is 0. The molecule has 0 N–H and O–H groups in total. The van der Waals surface area contributed by atoms with E-state index in [1.165, 1.54) is 12.1 Å². The number of hydrogen-bond acceptors (Lipinski definition) is 2. The van der Waals surface area contributed by atoms with Gasteiger partial charge in [0.15, 0.2) is 0 Å². The van der Waals surface area contributed by atoms with Crippen molar-refractivity contribution >= 4 is 26.6 Å². The van der Waals surface area contributed by atoms with Crippen LogP contribution in [0.4, 0.5) is 0 Å². The monoisotopic (exact) mass is 148 g/mol. The minimum absolute atomic E-state index is 0.150. The van der Waals surface area contributed by atoms with Crippen molar-refractivity contribution in [2.75, 3.05) is 0 Å². The maximum Gasteiger partial charge on any atom is 0.115 e. The van der Waals surface area contributed by atoms with Crippen molar-refractivity contribution in [1.82, 2.24) is 0 Å². The summed E-state index contributed by atoms with van der Waals surface area (Å²) >= 11 is 0. The first-order chi connectivity index (χ1) is 5.70. The third kappa shape index (κ3) is 1.20. The molecule has 0 heterocycles. The molecule has 0 unspecified atom stereocenters. The molecule has 12 heavy (non-hydrogen) atoms. The van der Waals surface area contributed by atoms with Gasteiger partial charge >= 0.3 is 0 Å². The number of rotatable bonds is 0. The van der Waals surface area contributed by atoms with E-state index in [-0.39, 0.29) is 22.1 Å². The average Bonchev–Trinajstić information content (AvgIpc) is 2.08. The Hall–Kier alpha value is -1.67. The van der Waals surface area contributed by atoms with Crippen LogP contribution in [-0.4, -0.2) is 15.7 Å². The minimum Gasteiger partial charge on any atom is -0.192 e. The third-order valence-corrected chi connectivity index (χ3v) is 1.49. The van der Waals surface area contributed by atoms with E-state index in [0.717, 1.165) is 0 Å². The van der Waals surface area contributed by atoms with E-state index in [0.29, 0.717) is 0 Å². The van der Waals surface area contributed by atoms with Crippen molar-refractivity contribution < 1.29 is 0 Å². The van der Waals surface area contributed by atoms with Crippen LogP contribution >= 0.6 is 0 Å². The number of hydrogen-bond donors (Lipinski definition) is 0. The molecular weight excluding hydrogens is 146 g/mol. The maximum atomic E-state index is 8.62. The van der Waals surface area contributed by atoms with Gasteiger partial charge in [-0.15, -0.1) is 0 Å². The molecule has 0 saturated heterocycles. The van der Waals surface area contributed by atoms with Gasteiger partial charge in [0.25, 0.3) is 0 Å². The molecule has 0 atom stereocenters. The van der Waals surface area contributed by atoms with Gasteiger partial charge in [-0.25, -0.2) is 0 Å². The summed E-state index contributed by atoms with van der Waals surface area (Å²) in [6, 6.07) is 6.67. The summed E-state index contributed by atoms with van der Waals surface area (Å²) < 4.78 is 0. The minimum atomic E-state index is 0.150. The molecule has 0 spiro atoms. The quantitative estimate of drug-likeness (QED) is 0.443. The van der Waals surface area contributed by atoms with Crippen LogP contribution in [0, 0.1) is 22.7 Å². The third-order valence-electron chi connectivity index (χ3n) is 1.49. The van der Waals surface area contributed by atoms with Gasteiger partial charge in [-0.3, -0.25) is 0 Å².